The number of hydrogen-bond acceptors (Lipinski definition) is 6. The van der Waals surface area contributed by atoms with Crippen LogP contribution in [-0.4, -0.2) is 32.6 Å². The van der Waals surface area contributed by atoms with Gasteiger partial charge in [-0.05, 0) is 41.9 Å². The predicted octanol–water partition coefficient (Wildman–Crippen LogP) is 3.73. The third kappa shape index (κ3) is 5.68. The van der Waals surface area contributed by atoms with Gasteiger partial charge in [0.2, 0.25) is 11.1 Å². The molecule has 164 valence electrons. The number of carbonyl (C=O) groups is 1. The van der Waals surface area contributed by atoms with E-state index in [1.807, 2.05) is 12.1 Å². The number of hydrogen-bond donors (Lipinski definition) is 2. The molecule has 0 bridgehead atoms. The molecule has 7 nitrogen and oxygen atoms in total. The van der Waals surface area contributed by atoms with Gasteiger partial charge in [0.15, 0.2) is 5.82 Å². The van der Waals surface area contributed by atoms with E-state index in [1.165, 1.54) is 34.8 Å². The number of benzene rings is 1. The molecule has 0 radical (unpaired) electrons. The molecule has 3 N–H and O–H groups in total. The van der Waals surface area contributed by atoms with Gasteiger partial charge in [-0.25, -0.2) is 4.68 Å². The SMILES string of the molecule is CC(C)c1ccc(OCc2nnc(SCC(=O)N[C@H]3CCC[C@H](C)[C@H]3C)n2N)cc1. The van der Waals surface area contributed by atoms with Crippen molar-refractivity contribution in [1.82, 2.24) is 20.2 Å². The second kappa shape index (κ2) is 10.2. The average Bonchev–Trinajstić information content (AvgIpc) is 3.08. The topological polar surface area (TPSA) is 95.1 Å². The van der Waals surface area contributed by atoms with Gasteiger partial charge < -0.3 is 15.9 Å². The molecule has 0 aliphatic heterocycles. The van der Waals surface area contributed by atoms with E-state index in [4.69, 9.17) is 10.6 Å². The van der Waals surface area contributed by atoms with Crippen molar-refractivity contribution in [3.8, 4) is 5.75 Å². The summed E-state index contributed by atoms with van der Waals surface area (Å²) in [6.07, 6.45) is 3.46. The van der Waals surface area contributed by atoms with Crippen LogP contribution in [0.1, 0.15) is 64.3 Å². The van der Waals surface area contributed by atoms with E-state index in [0.29, 0.717) is 28.7 Å². The molecule has 8 heteroatoms. The van der Waals surface area contributed by atoms with Gasteiger partial charge in [0.05, 0.1) is 5.75 Å². The van der Waals surface area contributed by atoms with Crippen molar-refractivity contribution in [3.05, 3.63) is 35.7 Å². The Morgan fingerprint density at radius 2 is 2.00 bits per heavy atom. The molecule has 1 saturated carbocycles. The van der Waals surface area contributed by atoms with Crippen LogP contribution in [0.25, 0.3) is 0 Å². The molecular formula is C22H33N5O2S. The molecule has 0 saturated heterocycles. The minimum atomic E-state index is 0.0111. The van der Waals surface area contributed by atoms with Crippen LogP contribution < -0.4 is 15.9 Å². The van der Waals surface area contributed by atoms with E-state index in [1.54, 1.807) is 0 Å². The number of ether oxygens (including phenoxy) is 1. The lowest BCUT2D eigenvalue weighted by Gasteiger charge is -2.34. The summed E-state index contributed by atoms with van der Waals surface area (Å²) in [7, 11) is 0. The summed E-state index contributed by atoms with van der Waals surface area (Å²) in [6, 6.07) is 8.25. The van der Waals surface area contributed by atoms with E-state index in [-0.39, 0.29) is 24.3 Å². The van der Waals surface area contributed by atoms with Crippen molar-refractivity contribution in [2.75, 3.05) is 11.6 Å². The summed E-state index contributed by atoms with van der Waals surface area (Å²) in [5.74, 6) is 9.28. The van der Waals surface area contributed by atoms with Crippen molar-refractivity contribution in [2.24, 2.45) is 11.8 Å². The zero-order valence-electron chi connectivity index (χ0n) is 18.3. The van der Waals surface area contributed by atoms with Gasteiger partial charge in [-0.1, -0.05) is 64.4 Å². The average molecular weight is 432 g/mol. The largest absolute Gasteiger partial charge is 0.486 e. The number of amides is 1. The molecule has 1 aliphatic rings. The normalized spacial score (nSPS) is 21.6. The Morgan fingerprint density at radius 3 is 2.70 bits per heavy atom. The molecule has 1 fully saturated rings. The third-order valence-corrected chi connectivity index (χ3v) is 6.98. The number of nitrogen functional groups attached to an aromatic ring is 1. The van der Waals surface area contributed by atoms with Crippen LogP contribution in [0.4, 0.5) is 0 Å². The number of nitrogens with one attached hydrogen (secondary N) is 1. The lowest BCUT2D eigenvalue weighted by atomic mass is 9.78. The molecule has 1 amide bonds. The summed E-state index contributed by atoms with van der Waals surface area (Å²) >= 11 is 1.29. The summed E-state index contributed by atoms with van der Waals surface area (Å²) in [5.41, 5.74) is 1.26. The van der Waals surface area contributed by atoms with Gasteiger partial charge in [-0.2, -0.15) is 0 Å². The minimum absolute atomic E-state index is 0.0111. The number of nitrogens with zero attached hydrogens (tertiary/aromatic N) is 3. The molecule has 3 atom stereocenters. The molecule has 0 spiro atoms. The van der Waals surface area contributed by atoms with Gasteiger partial charge in [0.25, 0.3) is 0 Å². The Balaban J connectivity index is 1.48. The molecule has 0 unspecified atom stereocenters. The first-order chi connectivity index (χ1) is 14.3. The quantitative estimate of drug-likeness (QED) is 0.488. The number of nitrogens with two attached hydrogens (primary N) is 1. The molecule has 30 heavy (non-hydrogen) atoms. The fourth-order valence-electron chi connectivity index (χ4n) is 3.77. The maximum atomic E-state index is 12.4. The second-order valence-corrected chi connectivity index (χ2v) is 9.45. The lowest BCUT2D eigenvalue weighted by molar-refractivity contribution is -0.120. The summed E-state index contributed by atoms with van der Waals surface area (Å²) in [4.78, 5) is 12.4. The first kappa shape index (κ1) is 22.5. The number of rotatable bonds is 8. The maximum Gasteiger partial charge on any atom is 0.230 e. The van der Waals surface area contributed by atoms with Crippen molar-refractivity contribution >= 4 is 17.7 Å². The van der Waals surface area contributed by atoms with Crippen molar-refractivity contribution in [2.45, 2.75) is 70.7 Å². The van der Waals surface area contributed by atoms with E-state index < -0.39 is 0 Å². The van der Waals surface area contributed by atoms with Crippen LogP contribution in [-0.2, 0) is 11.4 Å². The van der Waals surface area contributed by atoms with E-state index in [9.17, 15) is 4.79 Å². The minimum Gasteiger partial charge on any atom is -0.486 e. The van der Waals surface area contributed by atoms with Gasteiger partial charge >= 0.3 is 0 Å². The monoisotopic (exact) mass is 431 g/mol. The summed E-state index contributed by atoms with van der Waals surface area (Å²) < 4.78 is 7.17. The fraction of sp³-hybridized carbons (Fsp3) is 0.591. The van der Waals surface area contributed by atoms with Crippen molar-refractivity contribution in [1.29, 1.82) is 0 Å². The van der Waals surface area contributed by atoms with Gasteiger partial charge in [0, 0.05) is 6.04 Å². The molecule has 3 rings (SSSR count). The van der Waals surface area contributed by atoms with E-state index in [0.717, 1.165) is 12.2 Å². The zero-order chi connectivity index (χ0) is 21.7. The smallest absolute Gasteiger partial charge is 0.230 e. The van der Waals surface area contributed by atoms with E-state index in [2.05, 4.69) is 55.3 Å². The van der Waals surface area contributed by atoms with Crippen LogP contribution in [0.3, 0.4) is 0 Å². The molecule has 1 aromatic heterocycles. The number of carbonyl (C=O) groups excluding carboxylic acids is 1. The highest BCUT2D eigenvalue weighted by Crippen LogP contribution is 2.29. The van der Waals surface area contributed by atoms with Crippen molar-refractivity contribution < 1.29 is 9.53 Å². The Labute approximate surface area is 183 Å². The van der Waals surface area contributed by atoms with Crippen LogP contribution >= 0.6 is 11.8 Å². The lowest BCUT2D eigenvalue weighted by Crippen LogP contribution is -2.44. The standard InChI is InChI=1S/C22H33N5O2S/c1-14(2)17-8-10-18(11-9-17)29-12-20-25-26-22(27(20)23)30-13-21(28)24-19-7-5-6-15(3)16(19)4/h8-11,14-16,19H,5-7,12-13,23H2,1-4H3,(H,24,28)/t15-,16+,19-/m0/s1. The highest BCUT2D eigenvalue weighted by atomic mass is 32.2. The summed E-state index contributed by atoms with van der Waals surface area (Å²) in [5, 5.41) is 11.9. The Hall–Kier alpha value is -2.22. The predicted molar refractivity (Wildman–Crippen MR) is 120 cm³/mol. The third-order valence-electron chi connectivity index (χ3n) is 6.04. The zero-order valence-corrected chi connectivity index (χ0v) is 19.1. The first-order valence-corrected chi connectivity index (χ1v) is 11.7. The highest BCUT2D eigenvalue weighted by molar-refractivity contribution is 7.99. The number of aromatic nitrogens is 3. The molecule has 2 aromatic rings. The van der Waals surface area contributed by atoms with Gasteiger partial charge in [0.1, 0.15) is 12.4 Å². The second-order valence-electron chi connectivity index (χ2n) is 8.51. The molecular weight excluding hydrogens is 398 g/mol. The Kier molecular flexibility index (Phi) is 7.64. The fourth-order valence-corrected chi connectivity index (χ4v) is 4.45. The van der Waals surface area contributed by atoms with Crippen LogP contribution in [0.2, 0.25) is 0 Å². The van der Waals surface area contributed by atoms with Crippen LogP contribution in [0.15, 0.2) is 29.4 Å². The number of thioether (sulfide) groups is 1. The first-order valence-electron chi connectivity index (χ1n) is 10.7. The highest BCUT2D eigenvalue weighted by Gasteiger charge is 2.28. The molecule has 1 aliphatic carbocycles. The molecule has 1 aromatic carbocycles. The maximum absolute atomic E-state index is 12.4. The van der Waals surface area contributed by atoms with E-state index >= 15 is 0 Å². The van der Waals surface area contributed by atoms with Gasteiger partial charge in [-0.3, -0.25) is 4.79 Å². The summed E-state index contributed by atoms with van der Waals surface area (Å²) in [6.45, 7) is 9.01. The van der Waals surface area contributed by atoms with Crippen LogP contribution in [0.5, 0.6) is 5.75 Å². The molecule has 1 heterocycles. The Bertz CT molecular complexity index is 837. The van der Waals surface area contributed by atoms with Gasteiger partial charge in [-0.15, -0.1) is 10.2 Å². The van der Waals surface area contributed by atoms with Crippen LogP contribution in [0, 0.1) is 11.8 Å². The van der Waals surface area contributed by atoms with Crippen molar-refractivity contribution in [3.63, 3.8) is 0 Å². The Morgan fingerprint density at radius 1 is 1.27 bits per heavy atom.